The number of fused-ring (bicyclic) bond motifs is 3. The highest BCUT2D eigenvalue weighted by Gasteiger charge is 2.14. The van der Waals surface area contributed by atoms with E-state index in [1.807, 2.05) is 0 Å². The number of hydrogen-bond acceptors (Lipinski definition) is 6. The fourth-order valence-electron chi connectivity index (χ4n) is 2.55. The maximum absolute atomic E-state index is 5.31. The summed E-state index contributed by atoms with van der Waals surface area (Å²) in [6, 6.07) is 3.58. The van der Waals surface area contributed by atoms with E-state index in [-0.39, 0.29) is 0 Å². The third-order valence-corrected chi connectivity index (χ3v) is 3.73. The summed E-state index contributed by atoms with van der Waals surface area (Å²) in [5, 5.41) is 13.2. The quantitative estimate of drug-likeness (QED) is 0.509. The van der Waals surface area contributed by atoms with E-state index in [2.05, 4.69) is 32.2 Å². The van der Waals surface area contributed by atoms with Crippen molar-refractivity contribution in [3.63, 3.8) is 0 Å². The Morgan fingerprint density at radius 1 is 1.13 bits per heavy atom. The molecule has 0 spiro atoms. The van der Waals surface area contributed by atoms with Gasteiger partial charge in [0.25, 0.3) is 0 Å². The standard InChI is InChI=1S/C15H17N7O/c1-2-3-4-5-7-11-17-15-13-14(16-10-21(15)18-11)20-22(19-13)12-8-6-9-23-12/h6,8-10H,2-5,7H2,1H3. The van der Waals surface area contributed by atoms with Gasteiger partial charge in [0.2, 0.25) is 11.5 Å². The molecule has 4 aromatic rings. The van der Waals surface area contributed by atoms with Crippen molar-refractivity contribution in [1.82, 2.24) is 34.6 Å². The molecule has 4 aromatic heterocycles. The van der Waals surface area contributed by atoms with Gasteiger partial charge >= 0.3 is 0 Å². The number of aryl methyl sites for hydroxylation is 1. The number of nitrogens with zero attached hydrogens (tertiary/aromatic N) is 7. The van der Waals surface area contributed by atoms with Gasteiger partial charge in [-0.15, -0.1) is 20.1 Å². The summed E-state index contributed by atoms with van der Waals surface area (Å²) < 4.78 is 6.98. The second-order valence-electron chi connectivity index (χ2n) is 5.46. The smallest absolute Gasteiger partial charge is 0.238 e. The molecular formula is C15H17N7O. The highest BCUT2D eigenvalue weighted by atomic mass is 16.3. The number of hydrogen-bond donors (Lipinski definition) is 0. The Kier molecular flexibility index (Phi) is 3.49. The van der Waals surface area contributed by atoms with Crippen LogP contribution in [-0.4, -0.2) is 34.6 Å². The van der Waals surface area contributed by atoms with Crippen molar-refractivity contribution in [2.45, 2.75) is 39.0 Å². The Morgan fingerprint density at radius 2 is 2.09 bits per heavy atom. The minimum absolute atomic E-state index is 0.527. The van der Waals surface area contributed by atoms with Crippen molar-refractivity contribution in [2.24, 2.45) is 0 Å². The first-order chi connectivity index (χ1) is 11.3. The zero-order valence-electron chi connectivity index (χ0n) is 12.9. The number of unbranched alkanes of at least 4 members (excludes halogenated alkanes) is 3. The van der Waals surface area contributed by atoms with Crippen LogP contribution in [0, 0.1) is 0 Å². The first-order valence-electron chi connectivity index (χ1n) is 7.86. The average molecular weight is 311 g/mol. The van der Waals surface area contributed by atoms with E-state index in [9.17, 15) is 0 Å². The molecular weight excluding hydrogens is 294 g/mol. The van der Waals surface area contributed by atoms with Crippen molar-refractivity contribution in [3.05, 3.63) is 30.5 Å². The van der Waals surface area contributed by atoms with Gasteiger partial charge in [0, 0.05) is 12.5 Å². The summed E-state index contributed by atoms with van der Waals surface area (Å²) in [5.41, 5.74) is 1.83. The minimum atomic E-state index is 0.527. The van der Waals surface area contributed by atoms with Crippen molar-refractivity contribution in [2.75, 3.05) is 0 Å². The Balaban J connectivity index is 1.68. The summed E-state index contributed by atoms with van der Waals surface area (Å²) in [6.45, 7) is 2.20. The van der Waals surface area contributed by atoms with Crippen LogP contribution >= 0.6 is 0 Å². The van der Waals surface area contributed by atoms with Gasteiger partial charge in [-0.25, -0.2) is 9.97 Å². The maximum atomic E-state index is 5.31. The molecule has 0 fully saturated rings. The minimum Gasteiger partial charge on any atom is -0.445 e. The SMILES string of the molecule is CCCCCCc1nc2c3nn(-c4ccco4)nc3ncn2n1. The van der Waals surface area contributed by atoms with Gasteiger partial charge in [-0.1, -0.05) is 26.2 Å². The van der Waals surface area contributed by atoms with Gasteiger partial charge in [-0.2, -0.15) is 4.52 Å². The molecule has 0 N–H and O–H groups in total. The Morgan fingerprint density at radius 3 is 2.91 bits per heavy atom. The Hall–Kier alpha value is -2.77. The molecule has 0 saturated heterocycles. The van der Waals surface area contributed by atoms with Crippen LogP contribution in [0.4, 0.5) is 0 Å². The molecule has 0 aliphatic rings. The third-order valence-electron chi connectivity index (χ3n) is 3.73. The predicted octanol–water partition coefficient (Wildman–Crippen LogP) is 2.57. The van der Waals surface area contributed by atoms with E-state index in [1.54, 1.807) is 29.2 Å². The summed E-state index contributed by atoms with van der Waals surface area (Å²) in [6.07, 6.45) is 8.85. The van der Waals surface area contributed by atoms with Gasteiger partial charge in [0.15, 0.2) is 17.0 Å². The van der Waals surface area contributed by atoms with Gasteiger partial charge in [-0.3, -0.25) is 0 Å². The van der Waals surface area contributed by atoms with Gasteiger partial charge in [0.1, 0.15) is 6.33 Å². The van der Waals surface area contributed by atoms with Crippen molar-refractivity contribution >= 4 is 16.8 Å². The van der Waals surface area contributed by atoms with Crippen LogP contribution in [0.25, 0.3) is 22.7 Å². The first-order valence-corrected chi connectivity index (χ1v) is 7.86. The van der Waals surface area contributed by atoms with Crippen LogP contribution in [0.15, 0.2) is 29.1 Å². The fourth-order valence-corrected chi connectivity index (χ4v) is 2.55. The molecule has 118 valence electrons. The number of rotatable bonds is 6. The monoisotopic (exact) mass is 311 g/mol. The number of aromatic nitrogens is 7. The summed E-state index contributed by atoms with van der Waals surface area (Å²) >= 11 is 0. The van der Waals surface area contributed by atoms with E-state index in [1.165, 1.54) is 24.1 Å². The molecule has 0 saturated carbocycles. The lowest BCUT2D eigenvalue weighted by Crippen LogP contribution is -1.95. The molecule has 23 heavy (non-hydrogen) atoms. The molecule has 4 rings (SSSR count). The summed E-state index contributed by atoms with van der Waals surface area (Å²) in [7, 11) is 0. The number of furan rings is 1. The van der Waals surface area contributed by atoms with Crippen molar-refractivity contribution in [1.29, 1.82) is 0 Å². The molecule has 8 heteroatoms. The summed E-state index contributed by atoms with van der Waals surface area (Å²) in [4.78, 5) is 10.3. The van der Waals surface area contributed by atoms with Crippen molar-refractivity contribution in [3.8, 4) is 5.88 Å². The molecule has 0 amide bonds. The van der Waals surface area contributed by atoms with E-state index >= 15 is 0 Å². The van der Waals surface area contributed by atoms with E-state index in [0.717, 1.165) is 18.7 Å². The van der Waals surface area contributed by atoms with Gasteiger partial charge in [-0.05, 0) is 12.5 Å². The zero-order valence-corrected chi connectivity index (χ0v) is 12.9. The highest BCUT2D eigenvalue weighted by molar-refractivity contribution is 5.83. The average Bonchev–Trinajstić information content (AvgIpc) is 3.28. The van der Waals surface area contributed by atoms with Gasteiger partial charge < -0.3 is 4.42 Å². The van der Waals surface area contributed by atoms with E-state index < -0.39 is 0 Å². The molecule has 8 nitrogen and oxygen atoms in total. The molecule has 0 bridgehead atoms. The molecule has 0 atom stereocenters. The molecule has 0 aliphatic heterocycles. The van der Waals surface area contributed by atoms with E-state index in [4.69, 9.17) is 4.42 Å². The predicted molar refractivity (Wildman–Crippen MR) is 83.3 cm³/mol. The lowest BCUT2D eigenvalue weighted by atomic mass is 10.1. The van der Waals surface area contributed by atoms with Crippen LogP contribution in [0.2, 0.25) is 0 Å². The Bertz CT molecular complexity index is 922. The molecule has 4 heterocycles. The molecule has 0 aromatic carbocycles. The molecule has 0 unspecified atom stereocenters. The highest BCUT2D eigenvalue weighted by Crippen LogP contribution is 2.15. The van der Waals surface area contributed by atoms with Crippen LogP contribution < -0.4 is 0 Å². The zero-order chi connectivity index (χ0) is 15.6. The second kappa shape index (κ2) is 5.79. The lowest BCUT2D eigenvalue weighted by Gasteiger charge is -1.94. The maximum Gasteiger partial charge on any atom is 0.238 e. The fraction of sp³-hybridized carbons (Fsp3) is 0.400. The first kappa shape index (κ1) is 13.9. The lowest BCUT2D eigenvalue weighted by molar-refractivity contribution is 0.502. The van der Waals surface area contributed by atoms with Crippen LogP contribution in [-0.2, 0) is 6.42 Å². The molecule has 0 radical (unpaired) electrons. The Labute approximate surface area is 132 Å². The normalized spacial score (nSPS) is 11.7. The van der Waals surface area contributed by atoms with Crippen LogP contribution in [0.3, 0.4) is 0 Å². The largest absolute Gasteiger partial charge is 0.445 e. The third kappa shape index (κ3) is 2.56. The summed E-state index contributed by atoms with van der Waals surface area (Å²) in [5.74, 6) is 1.36. The van der Waals surface area contributed by atoms with E-state index in [0.29, 0.717) is 22.7 Å². The topological polar surface area (TPSA) is 86.9 Å². The second-order valence-corrected chi connectivity index (χ2v) is 5.46. The van der Waals surface area contributed by atoms with Crippen molar-refractivity contribution < 1.29 is 4.42 Å². The molecule has 0 aliphatic carbocycles. The van der Waals surface area contributed by atoms with Crippen LogP contribution in [0.1, 0.15) is 38.4 Å². The van der Waals surface area contributed by atoms with Crippen LogP contribution in [0.5, 0.6) is 0 Å². The van der Waals surface area contributed by atoms with Gasteiger partial charge in [0.05, 0.1) is 6.26 Å².